The Kier molecular flexibility index (Phi) is 5.98. The molecule has 0 saturated heterocycles. The molecule has 0 aliphatic rings. The highest BCUT2D eigenvalue weighted by Gasteiger charge is 2.13. The Bertz CT molecular complexity index is 500. The van der Waals surface area contributed by atoms with Gasteiger partial charge in [0.2, 0.25) is 5.91 Å². The van der Waals surface area contributed by atoms with Crippen LogP contribution in [-0.4, -0.2) is 38.9 Å². The van der Waals surface area contributed by atoms with Crippen LogP contribution in [0.1, 0.15) is 12.0 Å². The number of hydrogen-bond donors (Lipinski definition) is 2. The van der Waals surface area contributed by atoms with Crippen LogP contribution in [0.3, 0.4) is 0 Å². The van der Waals surface area contributed by atoms with Crippen LogP contribution < -0.4 is 11.1 Å². The van der Waals surface area contributed by atoms with E-state index >= 15 is 0 Å². The standard InChI is InChI=1S/C13H20N2O3S/c1-19(17,18)9-5-8-15-13(16)12(14)10-11-6-3-2-4-7-11/h2-4,6-7,12H,5,8-10,14H2,1H3,(H,15,16). The predicted octanol–water partition coefficient (Wildman–Crippen LogP) is 0.107. The van der Waals surface area contributed by atoms with Gasteiger partial charge in [-0.2, -0.15) is 0 Å². The van der Waals surface area contributed by atoms with E-state index in [-0.39, 0.29) is 11.7 Å². The third-order valence-corrected chi connectivity index (χ3v) is 3.66. The van der Waals surface area contributed by atoms with Crippen molar-refractivity contribution in [3.05, 3.63) is 35.9 Å². The highest BCUT2D eigenvalue weighted by molar-refractivity contribution is 7.90. The topological polar surface area (TPSA) is 89.3 Å². The summed E-state index contributed by atoms with van der Waals surface area (Å²) in [5.74, 6) is -0.182. The van der Waals surface area contributed by atoms with E-state index in [9.17, 15) is 13.2 Å². The lowest BCUT2D eigenvalue weighted by atomic mass is 10.1. The summed E-state index contributed by atoms with van der Waals surface area (Å²) in [6.45, 7) is 0.328. The molecule has 0 aliphatic carbocycles. The molecule has 0 bridgehead atoms. The summed E-state index contributed by atoms with van der Waals surface area (Å²) in [5, 5.41) is 2.65. The van der Waals surface area contributed by atoms with Crippen molar-refractivity contribution in [3.8, 4) is 0 Å². The van der Waals surface area contributed by atoms with Gasteiger partial charge in [-0.1, -0.05) is 30.3 Å². The normalized spacial score (nSPS) is 12.9. The molecule has 0 spiro atoms. The van der Waals surface area contributed by atoms with Gasteiger partial charge in [0, 0.05) is 12.8 Å². The molecule has 0 fully saturated rings. The molecule has 1 aromatic rings. The molecule has 1 rings (SSSR count). The summed E-state index contributed by atoms with van der Waals surface area (Å²) >= 11 is 0. The van der Waals surface area contributed by atoms with Gasteiger partial charge >= 0.3 is 0 Å². The van der Waals surface area contributed by atoms with Gasteiger partial charge in [-0.25, -0.2) is 8.42 Å². The fourth-order valence-corrected chi connectivity index (χ4v) is 2.31. The average Bonchev–Trinajstić information content (AvgIpc) is 2.34. The maximum Gasteiger partial charge on any atom is 0.237 e. The molecule has 1 atom stereocenters. The first kappa shape index (κ1) is 15.7. The molecule has 0 aromatic heterocycles. The number of benzene rings is 1. The van der Waals surface area contributed by atoms with Gasteiger partial charge in [0.25, 0.3) is 0 Å². The van der Waals surface area contributed by atoms with E-state index in [0.717, 1.165) is 5.56 Å². The van der Waals surface area contributed by atoms with E-state index in [1.165, 1.54) is 6.26 Å². The lowest BCUT2D eigenvalue weighted by Crippen LogP contribution is -2.42. The summed E-state index contributed by atoms with van der Waals surface area (Å²) in [6.07, 6.45) is 2.05. The first-order valence-electron chi connectivity index (χ1n) is 6.13. The molecule has 0 radical (unpaired) electrons. The number of hydrogen-bond acceptors (Lipinski definition) is 4. The zero-order valence-corrected chi connectivity index (χ0v) is 11.8. The lowest BCUT2D eigenvalue weighted by Gasteiger charge is -2.12. The number of carbonyl (C=O) groups excluding carboxylic acids is 1. The molecule has 3 N–H and O–H groups in total. The average molecular weight is 284 g/mol. The monoisotopic (exact) mass is 284 g/mol. The first-order valence-corrected chi connectivity index (χ1v) is 8.19. The van der Waals surface area contributed by atoms with Crippen LogP contribution in [0.4, 0.5) is 0 Å². The maximum atomic E-state index is 11.7. The van der Waals surface area contributed by atoms with E-state index in [2.05, 4.69) is 5.32 Å². The van der Waals surface area contributed by atoms with Gasteiger partial charge in [0.05, 0.1) is 11.8 Å². The van der Waals surface area contributed by atoms with Gasteiger partial charge in [0.1, 0.15) is 9.84 Å². The molecular weight excluding hydrogens is 264 g/mol. The van der Waals surface area contributed by atoms with Crippen LogP contribution in [0.2, 0.25) is 0 Å². The Morgan fingerprint density at radius 1 is 1.32 bits per heavy atom. The van der Waals surface area contributed by atoms with Crippen molar-refractivity contribution in [1.82, 2.24) is 5.32 Å². The summed E-state index contributed by atoms with van der Waals surface area (Å²) < 4.78 is 21.8. The Labute approximate surface area is 114 Å². The van der Waals surface area contributed by atoms with Gasteiger partial charge in [-0.15, -0.1) is 0 Å². The summed E-state index contributed by atoms with van der Waals surface area (Å²) in [4.78, 5) is 11.7. The number of carbonyl (C=O) groups is 1. The summed E-state index contributed by atoms with van der Waals surface area (Å²) in [6, 6.07) is 8.91. The fourth-order valence-electron chi connectivity index (χ4n) is 1.64. The molecule has 5 nitrogen and oxygen atoms in total. The lowest BCUT2D eigenvalue weighted by molar-refractivity contribution is -0.122. The smallest absolute Gasteiger partial charge is 0.237 e. The van der Waals surface area contributed by atoms with Crippen molar-refractivity contribution >= 4 is 15.7 Å². The zero-order chi connectivity index (χ0) is 14.3. The number of sulfone groups is 1. The SMILES string of the molecule is CS(=O)(=O)CCCNC(=O)C(N)Cc1ccccc1. The Hall–Kier alpha value is -1.40. The zero-order valence-electron chi connectivity index (χ0n) is 11.0. The molecule has 19 heavy (non-hydrogen) atoms. The van der Waals surface area contributed by atoms with Crippen molar-refractivity contribution < 1.29 is 13.2 Å². The number of amides is 1. The van der Waals surface area contributed by atoms with E-state index in [4.69, 9.17) is 5.73 Å². The van der Waals surface area contributed by atoms with Crippen LogP contribution >= 0.6 is 0 Å². The second-order valence-electron chi connectivity index (χ2n) is 4.57. The molecule has 0 saturated carbocycles. The van der Waals surface area contributed by atoms with E-state index in [1.807, 2.05) is 30.3 Å². The number of rotatable bonds is 7. The van der Waals surface area contributed by atoms with Crippen molar-refractivity contribution in [2.24, 2.45) is 5.73 Å². The maximum absolute atomic E-state index is 11.7. The molecule has 6 heteroatoms. The molecule has 1 aromatic carbocycles. The van der Waals surface area contributed by atoms with E-state index in [1.54, 1.807) is 0 Å². The Morgan fingerprint density at radius 2 is 1.95 bits per heavy atom. The second-order valence-corrected chi connectivity index (χ2v) is 6.83. The predicted molar refractivity (Wildman–Crippen MR) is 75.5 cm³/mol. The van der Waals surface area contributed by atoms with Gasteiger partial charge in [-0.3, -0.25) is 4.79 Å². The third kappa shape index (κ3) is 6.93. The molecular formula is C13H20N2O3S. The van der Waals surface area contributed by atoms with Crippen molar-refractivity contribution in [2.75, 3.05) is 18.6 Å². The van der Waals surface area contributed by atoms with Crippen LogP contribution in [-0.2, 0) is 21.1 Å². The van der Waals surface area contributed by atoms with Crippen molar-refractivity contribution in [2.45, 2.75) is 18.9 Å². The highest BCUT2D eigenvalue weighted by atomic mass is 32.2. The summed E-state index contributed by atoms with van der Waals surface area (Å²) in [5.41, 5.74) is 6.79. The van der Waals surface area contributed by atoms with Gasteiger partial charge in [-0.05, 0) is 18.4 Å². The second kappa shape index (κ2) is 7.25. The number of nitrogens with one attached hydrogen (secondary N) is 1. The van der Waals surface area contributed by atoms with Crippen molar-refractivity contribution in [3.63, 3.8) is 0 Å². The van der Waals surface area contributed by atoms with Gasteiger partial charge < -0.3 is 11.1 Å². The van der Waals surface area contributed by atoms with E-state index < -0.39 is 15.9 Å². The fraction of sp³-hybridized carbons (Fsp3) is 0.462. The number of nitrogens with two attached hydrogens (primary N) is 1. The minimum Gasteiger partial charge on any atom is -0.355 e. The van der Waals surface area contributed by atoms with Gasteiger partial charge in [0.15, 0.2) is 0 Å². The first-order chi connectivity index (χ1) is 8.88. The Morgan fingerprint density at radius 3 is 2.53 bits per heavy atom. The van der Waals surface area contributed by atoms with E-state index in [0.29, 0.717) is 19.4 Å². The molecule has 106 valence electrons. The highest BCUT2D eigenvalue weighted by Crippen LogP contribution is 2.01. The van der Waals surface area contributed by atoms with Crippen molar-refractivity contribution in [1.29, 1.82) is 0 Å². The summed E-state index contributed by atoms with van der Waals surface area (Å²) in [7, 11) is -2.97. The molecule has 1 unspecified atom stereocenters. The minimum atomic E-state index is -2.97. The van der Waals surface area contributed by atoms with Crippen LogP contribution in [0.15, 0.2) is 30.3 Å². The molecule has 0 aliphatic heterocycles. The minimum absolute atomic E-state index is 0.0706. The molecule has 1 amide bonds. The largest absolute Gasteiger partial charge is 0.355 e. The quantitative estimate of drug-likeness (QED) is 0.695. The van der Waals surface area contributed by atoms with Crippen LogP contribution in [0, 0.1) is 0 Å². The molecule has 0 heterocycles. The van der Waals surface area contributed by atoms with Crippen LogP contribution in [0.25, 0.3) is 0 Å². The Balaban J connectivity index is 2.29. The van der Waals surface area contributed by atoms with Crippen LogP contribution in [0.5, 0.6) is 0 Å². The third-order valence-electron chi connectivity index (χ3n) is 2.63.